The molecule has 0 radical (unpaired) electrons. The summed E-state index contributed by atoms with van der Waals surface area (Å²) in [4.78, 5) is 24.6. The molecule has 26 heavy (non-hydrogen) atoms. The van der Waals surface area contributed by atoms with Gasteiger partial charge in [0.15, 0.2) is 0 Å². The van der Waals surface area contributed by atoms with Gasteiger partial charge >= 0.3 is 0 Å². The number of carbonyl (C=O) groups is 2. The maximum absolute atomic E-state index is 12.5. The van der Waals surface area contributed by atoms with Gasteiger partial charge in [0.2, 0.25) is 11.8 Å². The van der Waals surface area contributed by atoms with Gasteiger partial charge in [0.25, 0.3) is 0 Å². The molecule has 1 unspecified atom stereocenters. The third-order valence-electron chi connectivity index (χ3n) is 6.10. The molecule has 0 aliphatic heterocycles. The van der Waals surface area contributed by atoms with E-state index >= 15 is 0 Å². The van der Waals surface area contributed by atoms with E-state index in [-0.39, 0.29) is 23.1 Å². The Morgan fingerprint density at radius 1 is 1.12 bits per heavy atom. The topological polar surface area (TPSA) is 58.2 Å². The fourth-order valence-corrected chi connectivity index (χ4v) is 4.20. The predicted molar refractivity (Wildman–Crippen MR) is 104 cm³/mol. The highest BCUT2D eigenvalue weighted by atomic mass is 35.5. The van der Waals surface area contributed by atoms with Crippen LogP contribution < -0.4 is 10.6 Å². The lowest BCUT2D eigenvalue weighted by Gasteiger charge is -2.38. The molecule has 1 atom stereocenters. The molecule has 0 spiro atoms. The van der Waals surface area contributed by atoms with E-state index in [1.165, 1.54) is 24.8 Å². The van der Waals surface area contributed by atoms with Gasteiger partial charge in [-0.2, -0.15) is 0 Å². The number of nitrogens with one attached hydrogen (secondary N) is 2. The van der Waals surface area contributed by atoms with Crippen molar-refractivity contribution in [1.82, 2.24) is 10.6 Å². The van der Waals surface area contributed by atoms with Gasteiger partial charge in [0, 0.05) is 22.9 Å². The lowest BCUT2D eigenvalue weighted by molar-refractivity contribution is -0.132. The number of rotatable bonds is 6. The van der Waals surface area contributed by atoms with Gasteiger partial charge in [-0.25, -0.2) is 0 Å². The van der Waals surface area contributed by atoms with Crippen LogP contribution in [0.3, 0.4) is 0 Å². The first-order valence-corrected chi connectivity index (χ1v) is 10.2. The van der Waals surface area contributed by atoms with Crippen LogP contribution in [0.2, 0.25) is 5.02 Å². The van der Waals surface area contributed by atoms with Gasteiger partial charge in [-0.15, -0.1) is 0 Å². The van der Waals surface area contributed by atoms with Crippen LogP contribution in [0, 0.1) is 5.92 Å². The minimum atomic E-state index is -0.492. The maximum Gasteiger partial charge on any atom is 0.242 e. The smallest absolute Gasteiger partial charge is 0.242 e. The summed E-state index contributed by atoms with van der Waals surface area (Å²) in [7, 11) is 0. The zero-order valence-corrected chi connectivity index (χ0v) is 16.3. The van der Waals surface area contributed by atoms with Gasteiger partial charge in [-0.05, 0) is 50.3 Å². The fourth-order valence-electron chi connectivity index (χ4n) is 4.08. The van der Waals surface area contributed by atoms with E-state index < -0.39 is 6.04 Å². The van der Waals surface area contributed by atoms with Crippen molar-refractivity contribution in [2.24, 2.45) is 5.92 Å². The Morgan fingerprint density at radius 2 is 1.77 bits per heavy atom. The molecule has 2 N–H and O–H groups in total. The van der Waals surface area contributed by atoms with Crippen molar-refractivity contribution < 1.29 is 9.59 Å². The molecular weight excluding hydrogens is 348 g/mol. The van der Waals surface area contributed by atoms with E-state index in [9.17, 15) is 9.59 Å². The third kappa shape index (κ3) is 4.40. The van der Waals surface area contributed by atoms with Crippen molar-refractivity contribution in [2.45, 2.75) is 69.7 Å². The van der Waals surface area contributed by atoms with Crippen LogP contribution in [0.1, 0.15) is 63.9 Å². The highest BCUT2D eigenvalue weighted by Crippen LogP contribution is 2.39. The van der Waals surface area contributed by atoms with Crippen molar-refractivity contribution in [3.63, 3.8) is 0 Å². The van der Waals surface area contributed by atoms with E-state index in [0.29, 0.717) is 6.54 Å². The Kier molecular flexibility index (Phi) is 6.23. The average Bonchev–Trinajstić information content (AvgIpc) is 2.59. The van der Waals surface area contributed by atoms with E-state index in [0.717, 1.165) is 37.1 Å². The first kappa shape index (κ1) is 19.2. The van der Waals surface area contributed by atoms with Crippen molar-refractivity contribution >= 4 is 23.4 Å². The monoisotopic (exact) mass is 376 g/mol. The minimum Gasteiger partial charge on any atom is -0.353 e. The minimum absolute atomic E-state index is 0.0176. The van der Waals surface area contributed by atoms with Gasteiger partial charge in [0.1, 0.15) is 6.04 Å². The first-order chi connectivity index (χ1) is 12.5. The molecule has 1 aromatic rings. The van der Waals surface area contributed by atoms with Crippen LogP contribution in [-0.4, -0.2) is 24.4 Å². The second-order valence-corrected chi connectivity index (χ2v) is 8.36. The molecular formula is C21H29ClN2O2. The van der Waals surface area contributed by atoms with Gasteiger partial charge in [-0.3, -0.25) is 9.59 Å². The van der Waals surface area contributed by atoms with Crippen molar-refractivity contribution in [3.05, 3.63) is 34.9 Å². The Hall–Kier alpha value is -1.55. The number of benzene rings is 1. The molecule has 2 fully saturated rings. The SMILES string of the molecule is CC(NC(=O)C1CCC1)C(=O)NCC1(c2ccc(Cl)cc2)CCCCC1. The number of amides is 2. The molecule has 2 aliphatic carbocycles. The molecule has 3 rings (SSSR count). The van der Waals surface area contributed by atoms with Crippen molar-refractivity contribution in [3.8, 4) is 0 Å². The fraction of sp³-hybridized carbons (Fsp3) is 0.619. The number of hydrogen-bond acceptors (Lipinski definition) is 2. The van der Waals surface area contributed by atoms with Crippen LogP contribution in [-0.2, 0) is 15.0 Å². The molecule has 0 aromatic heterocycles. The summed E-state index contributed by atoms with van der Waals surface area (Å²) in [6.07, 6.45) is 8.73. The second-order valence-electron chi connectivity index (χ2n) is 7.92. The highest BCUT2D eigenvalue weighted by Gasteiger charge is 2.35. The lowest BCUT2D eigenvalue weighted by atomic mass is 9.69. The summed E-state index contributed by atoms with van der Waals surface area (Å²) in [5, 5.41) is 6.69. The van der Waals surface area contributed by atoms with Crippen LogP contribution in [0.15, 0.2) is 24.3 Å². The molecule has 2 aliphatic rings. The molecule has 2 saturated carbocycles. The molecule has 4 nitrogen and oxygen atoms in total. The summed E-state index contributed by atoms with van der Waals surface area (Å²) in [5.74, 6) is 0.0181. The third-order valence-corrected chi connectivity index (χ3v) is 6.35. The molecule has 1 aromatic carbocycles. The largest absolute Gasteiger partial charge is 0.353 e. The van der Waals surface area contributed by atoms with E-state index in [1.807, 2.05) is 12.1 Å². The van der Waals surface area contributed by atoms with Gasteiger partial charge in [-0.1, -0.05) is 49.4 Å². The van der Waals surface area contributed by atoms with E-state index in [2.05, 4.69) is 22.8 Å². The Balaban J connectivity index is 1.61. The molecule has 0 bridgehead atoms. The molecule has 0 heterocycles. The summed E-state index contributed by atoms with van der Waals surface area (Å²) in [6, 6.07) is 7.53. The Labute approximate surface area is 161 Å². The average molecular weight is 377 g/mol. The molecule has 2 amide bonds. The zero-order valence-electron chi connectivity index (χ0n) is 15.5. The first-order valence-electron chi connectivity index (χ1n) is 9.84. The number of carbonyl (C=O) groups excluding carboxylic acids is 2. The zero-order chi connectivity index (χ0) is 18.6. The van der Waals surface area contributed by atoms with Gasteiger partial charge in [0.05, 0.1) is 0 Å². The molecule has 5 heteroatoms. The van der Waals surface area contributed by atoms with Crippen LogP contribution in [0.5, 0.6) is 0 Å². The standard InChI is InChI=1S/C21H29ClN2O2/c1-15(24-20(26)16-6-5-7-16)19(25)23-14-21(12-3-2-4-13-21)17-8-10-18(22)11-9-17/h8-11,15-16H,2-7,12-14H2,1H3,(H,23,25)(H,24,26). The van der Waals surface area contributed by atoms with E-state index in [1.54, 1.807) is 6.92 Å². The highest BCUT2D eigenvalue weighted by molar-refractivity contribution is 6.30. The molecule has 0 saturated heterocycles. The normalized spacial score (nSPS) is 20.7. The molecule has 142 valence electrons. The summed E-state index contributed by atoms with van der Waals surface area (Å²) in [5.41, 5.74) is 1.21. The quantitative estimate of drug-likeness (QED) is 0.789. The lowest BCUT2D eigenvalue weighted by Crippen LogP contribution is -2.51. The number of halogens is 1. The summed E-state index contributed by atoms with van der Waals surface area (Å²) < 4.78 is 0. The van der Waals surface area contributed by atoms with Crippen LogP contribution in [0.4, 0.5) is 0 Å². The number of hydrogen-bond donors (Lipinski definition) is 2. The Bertz CT molecular complexity index is 634. The van der Waals surface area contributed by atoms with Crippen molar-refractivity contribution in [2.75, 3.05) is 6.54 Å². The maximum atomic E-state index is 12.5. The Morgan fingerprint density at radius 3 is 2.35 bits per heavy atom. The van der Waals surface area contributed by atoms with Crippen molar-refractivity contribution in [1.29, 1.82) is 0 Å². The predicted octanol–water partition coefficient (Wildman–Crippen LogP) is 3.96. The summed E-state index contributed by atoms with van der Waals surface area (Å²) in [6.45, 7) is 2.37. The van der Waals surface area contributed by atoms with Crippen LogP contribution in [0.25, 0.3) is 0 Å². The second kappa shape index (κ2) is 8.43. The van der Waals surface area contributed by atoms with Gasteiger partial charge < -0.3 is 10.6 Å². The van der Waals surface area contributed by atoms with Crippen LogP contribution >= 0.6 is 11.6 Å². The summed E-state index contributed by atoms with van der Waals surface area (Å²) >= 11 is 6.05. The van der Waals surface area contributed by atoms with E-state index in [4.69, 9.17) is 11.6 Å².